The van der Waals surface area contributed by atoms with Gasteiger partial charge in [-0.25, -0.2) is 4.39 Å². The van der Waals surface area contributed by atoms with E-state index >= 15 is 0 Å². The Kier molecular flexibility index (Phi) is 5.33. The van der Waals surface area contributed by atoms with Crippen molar-refractivity contribution in [3.05, 3.63) is 65.0 Å². The average molecular weight is 366 g/mol. The summed E-state index contributed by atoms with van der Waals surface area (Å²) in [4.78, 5) is 12.6. The normalized spacial score (nSPS) is 13.6. The lowest BCUT2D eigenvalue weighted by atomic mass is 9.82. The molecule has 0 aromatic heterocycles. The van der Waals surface area contributed by atoms with Gasteiger partial charge < -0.3 is 10.4 Å². The van der Waals surface area contributed by atoms with Crippen molar-refractivity contribution in [3.63, 3.8) is 0 Å². The highest BCUT2D eigenvalue weighted by atomic mass is 19.4. The quantitative estimate of drug-likeness (QED) is 0.812. The van der Waals surface area contributed by atoms with Crippen LogP contribution in [-0.2, 0) is 16.4 Å². The number of aliphatic hydroxyl groups excluding tert-OH is 1. The first-order valence-corrected chi connectivity index (χ1v) is 7.41. The molecule has 4 nitrogen and oxygen atoms in total. The SMILES string of the molecule is CC(CO)(C(=O)Nc1ccc(C#N)c(C(F)(F)F)c1)c1ccc(F)cc1. The molecule has 2 aromatic rings. The third kappa shape index (κ3) is 3.83. The van der Waals surface area contributed by atoms with Gasteiger partial charge in [-0.3, -0.25) is 4.79 Å². The maximum absolute atomic E-state index is 13.1. The topological polar surface area (TPSA) is 73.1 Å². The molecule has 1 unspecified atom stereocenters. The summed E-state index contributed by atoms with van der Waals surface area (Å²) in [6.45, 7) is 0.733. The van der Waals surface area contributed by atoms with Gasteiger partial charge in [-0.05, 0) is 42.8 Å². The molecule has 1 amide bonds. The van der Waals surface area contributed by atoms with Crippen LogP contribution in [0.25, 0.3) is 0 Å². The molecule has 0 fully saturated rings. The van der Waals surface area contributed by atoms with Crippen LogP contribution in [0.2, 0.25) is 0 Å². The molecule has 2 rings (SSSR count). The maximum Gasteiger partial charge on any atom is 0.417 e. The van der Waals surface area contributed by atoms with Gasteiger partial charge in [0.1, 0.15) is 5.82 Å². The van der Waals surface area contributed by atoms with Gasteiger partial charge >= 0.3 is 6.18 Å². The van der Waals surface area contributed by atoms with E-state index in [0.717, 1.165) is 24.3 Å². The van der Waals surface area contributed by atoms with Gasteiger partial charge in [0, 0.05) is 5.69 Å². The van der Waals surface area contributed by atoms with Crippen LogP contribution in [-0.4, -0.2) is 17.6 Å². The van der Waals surface area contributed by atoms with Crippen molar-refractivity contribution >= 4 is 11.6 Å². The predicted molar refractivity (Wildman–Crippen MR) is 85.6 cm³/mol. The standard InChI is InChI=1S/C18H14F4N2O2/c1-17(10-25,12-3-5-13(19)6-4-12)16(26)24-14-7-2-11(9-23)15(8-14)18(20,21)22/h2-8,25H,10H2,1H3,(H,24,26). The number of nitriles is 1. The number of halogens is 4. The minimum Gasteiger partial charge on any atom is -0.395 e. The molecule has 0 spiro atoms. The summed E-state index contributed by atoms with van der Waals surface area (Å²) in [5.41, 5.74) is -3.13. The van der Waals surface area contributed by atoms with Crippen LogP contribution < -0.4 is 5.32 Å². The lowest BCUT2D eigenvalue weighted by Gasteiger charge is -2.27. The summed E-state index contributed by atoms with van der Waals surface area (Å²) in [7, 11) is 0. The van der Waals surface area contributed by atoms with E-state index in [1.807, 2.05) is 0 Å². The lowest BCUT2D eigenvalue weighted by molar-refractivity contribution is -0.137. The third-order valence-electron chi connectivity index (χ3n) is 4.00. The molecule has 0 radical (unpaired) electrons. The largest absolute Gasteiger partial charge is 0.417 e. The van der Waals surface area contributed by atoms with Gasteiger partial charge in [0.05, 0.1) is 29.2 Å². The molecule has 0 saturated heterocycles. The molecule has 0 aliphatic rings. The first kappa shape index (κ1) is 19.4. The number of benzene rings is 2. The van der Waals surface area contributed by atoms with Gasteiger partial charge in [0.15, 0.2) is 0 Å². The molecule has 0 aliphatic carbocycles. The van der Waals surface area contributed by atoms with Crippen LogP contribution in [0.1, 0.15) is 23.6 Å². The van der Waals surface area contributed by atoms with E-state index in [-0.39, 0.29) is 5.69 Å². The average Bonchev–Trinajstić information content (AvgIpc) is 2.60. The number of hydrogen-bond donors (Lipinski definition) is 2. The zero-order chi connectivity index (χ0) is 19.5. The fourth-order valence-corrected chi connectivity index (χ4v) is 2.33. The number of amides is 1. The summed E-state index contributed by atoms with van der Waals surface area (Å²) in [6, 6.07) is 9.05. The summed E-state index contributed by atoms with van der Waals surface area (Å²) in [5.74, 6) is -1.30. The lowest BCUT2D eigenvalue weighted by Crippen LogP contribution is -2.41. The maximum atomic E-state index is 13.1. The highest BCUT2D eigenvalue weighted by Gasteiger charge is 2.36. The van der Waals surface area contributed by atoms with Gasteiger partial charge in [0.2, 0.25) is 5.91 Å². The van der Waals surface area contributed by atoms with Gasteiger partial charge in [-0.1, -0.05) is 12.1 Å². The van der Waals surface area contributed by atoms with Crippen LogP contribution in [0.3, 0.4) is 0 Å². The number of nitrogens with zero attached hydrogens (tertiary/aromatic N) is 1. The van der Waals surface area contributed by atoms with E-state index in [0.29, 0.717) is 11.6 Å². The van der Waals surface area contributed by atoms with Crippen molar-refractivity contribution in [1.29, 1.82) is 5.26 Å². The van der Waals surface area contributed by atoms with Crippen molar-refractivity contribution in [2.75, 3.05) is 11.9 Å². The minimum absolute atomic E-state index is 0.178. The fourth-order valence-electron chi connectivity index (χ4n) is 2.33. The predicted octanol–water partition coefficient (Wildman–Crippen LogP) is 3.60. The molecular formula is C18H14F4N2O2. The summed E-state index contributed by atoms with van der Waals surface area (Å²) < 4.78 is 52.1. The van der Waals surface area contributed by atoms with Crippen molar-refractivity contribution in [2.45, 2.75) is 18.5 Å². The first-order valence-electron chi connectivity index (χ1n) is 7.41. The second kappa shape index (κ2) is 7.14. The van der Waals surface area contributed by atoms with Gasteiger partial charge in [-0.2, -0.15) is 18.4 Å². The van der Waals surface area contributed by atoms with E-state index in [9.17, 15) is 27.5 Å². The molecule has 0 aliphatic heterocycles. The Balaban J connectivity index is 2.36. The minimum atomic E-state index is -4.76. The Morgan fingerprint density at radius 2 is 1.81 bits per heavy atom. The van der Waals surface area contributed by atoms with Crippen molar-refractivity contribution in [3.8, 4) is 6.07 Å². The van der Waals surface area contributed by atoms with E-state index < -0.39 is 41.0 Å². The second-order valence-corrected chi connectivity index (χ2v) is 5.82. The van der Waals surface area contributed by atoms with Crippen LogP contribution in [0.4, 0.5) is 23.2 Å². The van der Waals surface area contributed by atoms with E-state index in [4.69, 9.17) is 5.26 Å². The van der Waals surface area contributed by atoms with Crippen molar-refractivity contribution in [1.82, 2.24) is 0 Å². The molecule has 8 heteroatoms. The number of aliphatic hydroxyl groups is 1. The second-order valence-electron chi connectivity index (χ2n) is 5.82. The Morgan fingerprint density at radius 3 is 2.31 bits per heavy atom. The van der Waals surface area contributed by atoms with Gasteiger partial charge in [-0.15, -0.1) is 0 Å². The highest BCUT2D eigenvalue weighted by Crippen LogP contribution is 2.34. The smallest absolute Gasteiger partial charge is 0.395 e. The van der Waals surface area contributed by atoms with Crippen molar-refractivity contribution in [2.24, 2.45) is 0 Å². The van der Waals surface area contributed by atoms with Crippen LogP contribution in [0.5, 0.6) is 0 Å². The zero-order valence-electron chi connectivity index (χ0n) is 13.6. The van der Waals surface area contributed by atoms with Crippen LogP contribution in [0.15, 0.2) is 42.5 Å². The molecule has 0 heterocycles. The van der Waals surface area contributed by atoms with Gasteiger partial charge in [0.25, 0.3) is 0 Å². The number of carbonyl (C=O) groups is 1. The highest BCUT2D eigenvalue weighted by molar-refractivity contribution is 5.99. The monoisotopic (exact) mass is 366 g/mol. The number of rotatable bonds is 4. The van der Waals surface area contributed by atoms with E-state index in [1.165, 1.54) is 25.1 Å². The van der Waals surface area contributed by atoms with E-state index in [1.54, 1.807) is 0 Å². The van der Waals surface area contributed by atoms with Crippen LogP contribution >= 0.6 is 0 Å². The Labute approximate surface area is 146 Å². The molecule has 136 valence electrons. The summed E-state index contributed by atoms with van der Waals surface area (Å²) >= 11 is 0. The number of alkyl halides is 3. The molecule has 1 atom stereocenters. The van der Waals surface area contributed by atoms with Crippen molar-refractivity contribution < 1.29 is 27.5 Å². The molecule has 2 N–H and O–H groups in total. The number of hydrogen-bond acceptors (Lipinski definition) is 3. The summed E-state index contributed by atoms with van der Waals surface area (Å²) in [5, 5.41) is 20.7. The Hall–Kier alpha value is -2.92. The molecular weight excluding hydrogens is 352 g/mol. The molecule has 26 heavy (non-hydrogen) atoms. The molecule has 0 bridgehead atoms. The Bertz CT molecular complexity index is 857. The van der Waals surface area contributed by atoms with E-state index in [2.05, 4.69) is 5.32 Å². The summed E-state index contributed by atoms with van der Waals surface area (Å²) in [6.07, 6.45) is -4.76. The Morgan fingerprint density at radius 1 is 1.19 bits per heavy atom. The zero-order valence-corrected chi connectivity index (χ0v) is 13.6. The fraction of sp³-hybridized carbons (Fsp3) is 0.222. The first-order chi connectivity index (χ1) is 12.1. The van der Waals surface area contributed by atoms with Crippen LogP contribution in [0, 0.1) is 17.1 Å². The number of carbonyl (C=O) groups excluding carboxylic acids is 1. The third-order valence-corrected chi connectivity index (χ3v) is 4.00. The number of nitrogens with one attached hydrogen (secondary N) is 1. The molecule has 0 saturated carbocycles. The molecule has 2 aromatic carbocycles. The number of anilines is 1.